The van der Waals surface area contributed by atoms with Crippen LogP contribution in [0.25, 0.3) is 0 Å². The Hall–Kier alpha value is -1.20. The van der Waals surface area contributed by atoms with Gasteiger partial charge in [0.1, 0.15) is 18.3 Å². The number of hydrogen-bond acceptors (Lipinski definition) is 7. The molecule has 0 spiro atoms. The highest BCUT2D eigenvalue weighted by Gasteiger charge is 2.57. The number of alkyl halides is 2. The van der Waals surface area contributed by atoms with Gasteiger partial charge < -0.3 is 31.1 Å². The molecule has 21 heavy (non-hydrogen) atoms. The molecule has 1 heterocycles. The van der Waals surface area contributed by atoms with Gasteiger partial charge in [0.25, 0.3) is 5.85 Å². The van der Waals surface area contributed by atoms with Crippen molar-refractivity contribution in [1.29, 1.82) is 0 Å². The largest absolute Gasteiger partial charge is 0.394 e. The predicted octanol–water partition coefficient (Wildman–Crippen LogP) is -2.87. The van der Waals surface area contributed by atoms with E-state index < -0.39 is 61.2 Å². The first-order valence-electron chi connectivity index (χ1n) is 6.14. The topological polar surface area (TPSA) is 142 Å². The van der Waals surface area contributed by atoms with Crippen LogP contribution in [0.3, 0.4) is 0 Å². The number of nitrogens with one attached hydrogen (secondary N) is 1. The summed E-state index contributed by atoms with van der Waals surface area (Å²) in [6, 6.07) is -3.11. The van der Waals surface area contributed by atoms with Gasteiger partial charge >= 0.3 is 0 Å². The maximum atomic E-state index is 14.0. The monoisotopic (exact) mass is 312 g/mol. The lowest BCUT2D eigenvalue weighted by Crippen LogP contribution is -2.72. The van der Waals surface area contributed by atoms with Gasteiger partial charge in [0, 0.05) is 6.92 Å². The lowest BCUT2D eigenvalue weighted by atomic mass is 9.87. The number of rotatable bonds is 5. The number of halogens is 2. The summed E-state index contributed by atoms with van der Waals surface area (Å²) in [6.07, 6.45) is -8.42. The Kier molecular flexibility index (Phi) is 5.70. The van der Waals surface area contributed by atoms with Crippen LogP contribution in [0.5, 0.6) is 0 Å². The summed E-state index contributed by atoms with van der Waals surface area (Å²) in [4.78, 5) is 21.8. The Morgan fingerprint density at radius 1 is 1.57 bits per heavy atom. The minimum absolute atomic E-state index is 0.452. The summed E-state index contributed by atoms with van der Waals surface area (Å²) in [5.41, 5.74) is 5.47. The van der Waals surface area contributed by atoms with Crippen molar-refractivity contribution < 1.29 is 38.4 Å². The number of aldehydes is 1. The minimum atomic E-state index is -3.42. The van der Waals surface area contributed by atoms with Crippen LogP contribution in [0, 0.1) is 0 Å². The highest BCUT2D eigenvalue weighted by molar-refractivity contribution is 5.73. The van der Waals surface area contributed by atoms with Crippen molar-refractivity contribution in [1.82, 2.24) is 5.32 Å². The fraction of sp³-hybridized carbons (Fsp3) is 0.818. The highest BCUT2D eigenvalue weighted by atomic mass is 19.2. The van der Waals surface area contributed by atoms with E-state index in [1.807, 2.05) is 0 Å². The Morgan fingerprint density at radius 3 is 2.57 bits per heavy atom. The molecule has 8 nitrogen and oxygen atoms in total. The number of nitrogens with two attached hydrogens (primary N) is 1. The maximum Gasteiger partial charge on any atom is 0.298 e. The smallest absolute Gasteiger partial charge is 0.298 e. The van der Waals surface area contributed by atoms with Gasteiger partial charge in [0.2, 0.25) is 5.91 Å². The Bertz CT molecular complexity index is 401. The van der Waals surface area contributed by atoms with Crippen molar-refractivity contribution in [2.24, 2.45) is 5.73 Å². The molecular weight excluding hydrogens is 294 g/mol. The zero-order chi connectivity index (χ0) is 16.4. The van der Waals surface area contributed by atoms with Crippen molar-refractivity contribution in [3.05, 3.63) is 0 Å². The van der Waals surface area contributed by atoms with Crippen molar-refractivity contribution in [3.8, 4) is 0 Å². The molecular formula is C11H18F2N2O6. The van der Waals surface area contributed by atoms with E-state index in [4.69, 9.17) is 10.8 Å². The summed E-state index contributed by atoms with van der Waals surface area (Å²) in [5, 5.41) is 30.2. The van der Waals surface area contributed by atoms with Gasteiger partial charge in [-0.1, -0.05) is 0 Å². The summed E-state index contributed by atoms with van der Waals surface area (Å²) in [5.74, 6) is -4.09. The molecule has 0 radical (unpaired) electrons. The third kappa shape index (κ3) is 3.52. The lowest BCUT2D eigenvalue weighted by molar-refractivity contribution is -0.260. The fourth-order valence-electron chi connectivity index (χ4n) is 2.13. The van der Waals surface area contributed by atoms with Gasteiger partial charge in [0.05, 0.1) is 18.7 Å². The molecule has 0 aromatic carbocycles. The van der Waals surface area contributed by atoms with Crippen LogP contribution in [0.2, 0.25) is 0 Å². The summed E-state index contributed by atoms with van der Waals surface area (Å²) >= 11 is 0. The zero-order valence-corrected chi connectivity index (χ0v) is 11.1. The first-order valence-corrected chi connectivity index (χ1v) is 6.14. The zero-order valence-electron chi connectivity index (χ0n) is 11.1. The van der Waals surface area contributed by atoms with Crippen LogP contribution >= 0.6 is 0 Å². The second-order valence-corrected chi connectivity index (χ2v) is 4.84. The fourth-order valence-corrected chi connectivity index (χ4v) is 2.13. The molecule has 7 atom stereocenters. The van der Waals surface area contributed by atoms with Crippen LogP contribution < -0.4 is 11.1 Å². The van der Waals surface area contributed by atoms with E-state index in [9.17, 15) is 28.6 Å². The third-order valence-corrected chi connectivity index (χ3v) is 3.25. The van der Waals surface area contributed by atoms with E-state index in [0.717, 1.165) is 6.92 Å². The lowest BCUT2D eigenvalue weighted by Gasteiger charge is -2.45. The normalized spacial score (nSPS) is 39.4. The molecule has 0 aromatic rings. The molecule has 3 unspecified atom stereocenters. The SMILES string of the molecule is CC(=O)N[C@@H]1C(N)C(F)[C@](F)(C=O)OC1[C@H](O)[C@H](O)CO. The number of amides is 1. The van der Waals surface area contributed by atoms with Gasteiger partial charge in [-0.05, 0) is 0 Å². The molecule has 0 bridgehead atoms. The molecule has 10 heteroatoms. The van der Waals surface area contributed by atoms with Gasteiger partial charge in [0.15, 0.2) is 12.5 Å². The second kappa shape index (κ2) is 6.71. The number of aliphatic hydroxyl groups excluding tert-OH is 3. The first-order chi connectivity index (χ1) is 9.67. The van der Waals surface area contributed by atoms with E-state index in [1.165, 1.54) is 0 Å². The van der Waals surface area contributed by atoms with Crippen molar-refractivity contribution in [2.75, 3.05) is 6.61 Å². The summed E-state index contributed by atoms with van der Waals surface area (Å²) < 4.78 is 32.4. The Balaban J connectivity index is 3.12. The number of hydrogen-bond donors (Lipinski definition) is 5. The van der Waals surface area contributed by atoms with E-state index in [-0.39, 0.29) is 0 Å². The molecule has 1 aliphatic heterocycles. The number of carbonyl (C=O) groups excluding carboxylic acids is 2. The third-order valence-electron chi connectivity index (χ3n) is 3.25. The quantitative estimate of drug-likeness (QED) is 0.344. The molecule has 0 aromatic heterocycles. The predicted molar refractivity (Wildman–Crippen MR) is 64.4 cm³/mol. The van der Waals surface area contributed by atoms with Crippen LogP contribution in [0.4, 0.5) is 8.78 Å². The molecule has 1 aliphatic rings. The van der Waals surface area contributed by atoms with Crippen LogP contribution in [0.1, 0.15) is 6.92 Å². The standard InChI is InChI=1S/C11H18F2N2O6/c1-4(18)15-7-6(14)10(12)11(13,3-17)21-9(7)8(20)5(19)2-16/h3,5-10,16,19-20H,2,14H2,1H3,(H,15,18)/t5-,6?,7-,8-,9?,10?,11+/m1/s1. The Labute approximate surface area is 118 Å². The first kappa shape index (κ1) is 17.9. The van der Waals surface area contributed by atoms with Crippen molar-refractivity contribution >= 4 is 12.2 Å². The summed E-state index contributed by atoms with van der Waals surface area (Å²) in [7, 11) is 0. The summed E-state index contributed by atoms with van der Waals surface area (Å²) in [6.45, 7) is 0.172. The van der Waals surface area contributed by atoms with E-state index in [0.29, 0.717) is 0 Å². The molecule has 6 N–H and O–H groups in total. The average Bonchev–Trinajstić information content (AvgIpc) is 2.45. The maximum absolute atomic E-state index is 14.0. The molecule has 1 rings (SSSR count). The molecule has 1 fully saturated rings. The molecule has 1 saturated heterocycles. The number of ether oxygens (including phenoxy) is 1. The molecule has 0 aliphatic carbocycles. The highest BCUT2D eigenvalue weighted by Crippen LogP contribution is 2.33. The second-order valence-electron chi connectivity index (χ2n) is 4.84. The Morgan fingerprint density at radius 2 is 2.14 bits per heavy atom. The van der Waals surface area contributed by atoms with Gasteiger partial charge in [-0.25, -0.2) is 8.78 Å². The molecule has 1 amide bonds. The van der Waals surface area contributed by atoms with Crippen molar-refractivity contribution in [2.45, 2.75) is 49.3 Å². The van der Waals surface area contributed by atoms with E-state index in [1.54, 1.807) is 0 Å². The minimum Gasteiger partial charge on any atom is -0.394 e. The van der Waals surface area contributed by atoms with Crippen LogP contribution in [-0.4, -0.2) is 76.5 Å². The van der Waals surface area contributed by atoms with E-state index >= 15 is 0 Å². The average molecular weight is 312 g/mol. The molecule has 0 saturated carbocycles. The van der Waals surface area contributed by atoms with Crippen LogP contribution in [-0.2, 0) is 14.3 Å². The number of carbonyl (C=O) groups is 2. The van der Waals surface area contributed by atoms with E-state index in [2.05, 4.69) is 10.1 Å². The molecule has 122 valence electrons. The van der Waals surface area contributed by atoms with Gasteiger partial charge in [-0.3, -0.25) is 9.59 Å². The van der Waals surface area contributed by atoms with Gasteiger partial charge in [-0.2, -0.15) is 0 Å². The van der Waals surface area contributed by atoms with Crippen molar-refractivity contribution in [3.63, 3.8) is 0 Å². The van der Waals surface area contributed by atoms with Crippen LogP contribution in [0.15, 0.2) is 0 Å². The number of aliphatic hydroxyl groups is 3. The van der Waals surface area contributed by atoms with Gasteiger partial charge in [-0.15, -0.1) is 0 Å².